The summed E-state index contributed by atoms with van der Waals surface area (Å²) in [5, 5.41) is 4.87. The number of nitrogens with zero attached hydrogens (tertiary/aromatic N) is 2. The molecule has 0 fully saturated rings. The minimum atomic E-state index is -4.67. The molecule has 0 amide bonds. The van der Waals surface area contributed by atoms with Crippen LogP contribution in [0.1, 0.15) is 0 Å². The number of aromatic amines is 2. The van der Waals surface area contributed by atoms with Crippen molar-refractivity contribution in [2.45, 2.75) is 0 Å². The zero-order valence-electron chi connectivity index (χ0n) is 21.3. The van der Waals surface area contributed by atoms with Crippen LogP contribution in [-0.4, -0.2) is 83.5 Å². The lowest BCUT2D eigenvalue weighted by Crippen LogP contribution is -1.89. The molecule has 2 aromatic carbocycles. The zero-order chi connectivity index (χ0) is 30.8. The molecule has 21 heteroatoms. The van der Waals surface area contributed by atoms with Gasteiger partial charge in [0.05, 0.1) is 0 Å². The van der Waals surface area contributed by atoms with Gasteiger partial charge in [-0.1, -0.05) is 36.4 Å². The van der Waals surface area contributed by atoms with Gasteiger partial charge in [-0.15, -0.1) is 0 Å². The van der Waals surface area contributed by atoms with E-state index in [9.17, 15) is 0 Å². The van der Waals surface area contributed by atoms with Gasteiger partial charge in [-0.05, 0) is 24.3 Å². The smallest absolute Gasteiger partial charge is 0.394 e. The molecule has 0 aliphatic rings. The fourth-order valence-electron chi connectivity index (χ4n) is 3.38. The largest absolute Gasteiger partial charge is 0.412 e. The molecule has 0 aliphatic heterocycles. The Morgan fingerprint density at radius 2 is 0.698 bits per heavy atom. The van der Waals surface area contributed by atoms with Crippen molar-refractivity contribution >= 4 is 74.8 Å². The van der Waals surface area contributed by atoms with Gasteiger partial charge in [0.1, 0.15) is 0 Å². The number of hydrogen-bond acceptors (Lipinski definition) is 8. The van der Waals surface area contributed by atoms with Gasteiger partial charge in [-0.3, -0.25) is 37.3 Å². The maximum Gasteiger partial charge on any atom is 0.394 e. The topological polar surface area (TPSA) is 344 Å². The molecule has 6 rings (SSSR count). The number of hydrogen-bond donors (Lipinski definition) is 8. The Morgan fingerprint density at radius 1 is 0.442 bits per heavy atom. The highest BCUT2D eigenvalue weighted by Crippen LogP contribution is 2.24. The van der Waals surface area contributed by atoms with Gasteiger partial charge in [0, 0.05) is 68.4 Å². The maximum atomic E-state index is 8.74. The Kier molecular flexibility index (Phi) is 14.9. The summed E-state index contributed by atoms with van der Waals surface area (Å²) in [5.74, 6) is 0. The Bertz CT molecular complexity index is 1780. The molecule has 18 nitrogen and oxygen atoms in total. The van der Waals surface area contributed by atoms with Crippen LogP contribution in [0.15, 0.2) is 85.5 Å². The van der Waals surface area contributed by atoms with Gasteiger partial charge in [0.15, 0.2) is 0 Å². The van der Waals surface area contributed by atoms with Gasteiger partial charge in [0.2, 0.25) is 0 Å². The average Bonchev–Trinajstić information content (AvgIpc) is 3.40. The molecule has 0 unspecified atom stereocenters. The number of benzene rings is 2. The van der Waals surface area contributed by atoms with E-state index in [1.807, 2.05) is 48.8 Å². The predicted molar refractivity (Wildman–Crippen MR) is 157 cm³/mol. The van der Waals surface area contributed by atoms with Gasteiger partial charge in [-0.25, -0.2) is 0 Å². The van der Waals surface area contributed by atoms with Crippen LogP contribution in [0.2, 0.25) is 0 Å². The highest BCUT2D eigenvalue weighted by molar-refractivity contribution is 7.80. The van der Waals surface area contributed by atoms with Gasteiger partial charge < -0.3 is 20.9 Å². The summed E-state index contributed by atoms with van der Waals surface area (Å²) in [7, 11) is -14.0. The molecule has 0 saturated carbocycles. The lowest BCUT2D eigenvalue weighted by molar-refractivity contribution is 0.378. The van der Waals surface area contributed by atoms with E-state index >= 15 is 0 Å². The SMILES string of the molecule is O.O.O=S(=O)(O)O.O=S(=O)(O)O.O=S(=O)(O)O.c1ccc2c(c1)[nH]c1ccncc12.c1ccc2c(c1)[nH]c1ccncc12. The van der Waals surface area contributed by atoms with E-state index in [1.165, 1.54) is 32.6 Å². The molecule has 4 heterocycles. The zero-order valence-corrected chi connectivity index (χ0v) is 23.8. The van der Waals surface area contributed by atoms with E-state index in [0.29, 0.717) is 0 Å². The number of pyridine rings is 2. The Balaban J connectivity index is 0.000000553. The van der Waals surface area contributed by atoms with Crippen LogP contribution < -0.4 is 0 Å². The van der Waals surface area contributed by atoms with Crippen LogP contribution in [0.4, 0.5) is 0 Å². The van der Waals surface area contributed by atoms with Gasteiger partial charge in [0.25, 0.3) is 0 Å². The molecule has 0 bridgehead atoms. The second-order valence-corrected chi connectivity index (χ2v) is 10.2. The van der Waals surface area contributed by atoms with Gasteiger partial charge in [-0.2, -0.15) is 25.3 Å². The highest BCUT2D eigenvalue weighted by Gasteiger charge is 2.02. The Morgan fingerprint density at radius 3 is 1.00 bits per heavy atom. The molecule has 0 aliphatic carbocycles. The monoisotopic (exact) mass is 666 g/mol. The van der Waals surface area contributed by atoms with Crippen molar-refractivity contribution in [3.63, 3.8) is 0 Å². The lowest BCUT2D eigenvalue weighted by atomic mass is 10.2. The van der Waals surface area contributed by atoms with Crippen molar-refractivity contribution in [2.75, 3.05) is 0 Å². The van der Waals surface area contributed by atoms with E-state index in [0.717, 1.165) is 11.0 Å². The molecule has 0 radical (unpaired) electrons. The first-order valence-corrected chi connectivity index (χ1v) is 14.8. The fourth-order valence-corrected chi connectivity index (χ4v) is 3.38. The second-order valence-electron chi connectivity index (χ2n) is 7.53. The van der Waals surface area contributed by atoms with E-state index in [-0.39, 0.29) is 11.0 Å². The first-order valence-electron chi connectivity index (χ1n) is 10.6. The summed E-state index contributed by atoms with van der Waals surface area (Å²) in [4.78, 5) is 14.9. The molecule has 6 aromatic rings. The third kappa shape index (κ3) is 15.6. The number of para-hydroxylation sites is 2. The van der Waals surface area contributed by atoms with E-state index in [2.05, 4.69) is 44.2 Å². The van der Waals surface area contributed by atoms with Crippen LogP contribution in [0.25, 0.3) is 43.6 Å². The number of nitrogens with one attached hydrogen (secondary N) is 2. The van der Waals surface area contributed by atoms with Crippen molar-refractivity contribution in [2.24, 2.45) is 0 Å². The van der Waals surface area contributed by atoms with E-state index in [1.54, 1.807) is 12.4 Å². The van der Waals surface area contributed by atoms with Gasteiger partial charge >= 0.3 is 31.2 Å². The third-order valence-corrected chi connectivity index (χ3v) is 4.62. The lowest BCUT2D eigenvalue weighted by Gasteiger charge is -1.87. The summed E-state index contributed by atoms with van der Waals surface area (Å²) in [6.45, 7) is 0. The minimum absolute atomic E-state index is 0. The molecule has 4 aromatic heterocycles. The minimum Gasteiger partial charge on any atom is -0.412 e. The van der Waals surface area contributed by atoms with E-state index < -0.39 is 31.2 Å². The first-order chi connectivity index (χ1) is 18.9. The number of rotatable bonds is 0. The van der Waals surface area contributed by atoms with Crippen molar-refractivity contribution in [3.8, 4) is 0 Å². The van der Waals surface area contributed by atoms with E-state index in [4.69, 9.17) is 52.6 Å². The molecular weight excluding hydrogens is 640 g/mol. The summed E-state index contributed by atoms with van der Waals surface area (Å²) in [6.07, 6.45) is 7.40. The average molecular weight is 667 g/mol. The first kappa shape index (κ1) is 38.9. The quantitative estimate of drug-likeness (QED) is 0.107. The third-order valence-electron chi connectivity index (χ3n) is 4.62. The number of fused-ring (bicyclic) bond motifs is 6. The van der Waals surface area contributed by atoms with Crippen LogP contribution in [0.5, 0.6) is 0 Å². The predicted octanol–water partition coefficient (Wildman–Crippen LogP) is 1.82. The summed E-state index contributed by atoms with van der Waals surface area (Å²) in [6, 6.07) is 20.5. The molecule has 0 spiro atoms. The van der Waals surface area contributed by atoms with Crippen LogP contribution in [-0.2, 0) is 31.2 Å². The Hall–Kier alpha value is -4.13. The second kappa shape index (κ2) is 16.5. The molecular formula is C22H26N4O14S3. The van der Waals surface area contributed by atoms with Crippen LogP contribution in [0, 0.1) is 0 Å². The Labute approximate surface area is 243 Å². The van der Waals surface area contributed by atoms with Crippen LogP contribution >= 0.6 is 0 Å². The molecule has 43 heavy (non-hydrogen) atoms. The number of aromatic nitrogens is 4. The van der Waals surface area contributed by atoms with Crippen molar-refractivity contribution in [3.05, 3.63) is 85.5 Å². The molecule has 12 N–H and O–H groups in total. The van der Waals surface area contributed by atoms with Crippen LogP contribution in [0.3, 0.4) is 0 Å². The highest BCUT2D eigenvalue weighted by atomic mass is 32.3. The molecule has 0 atom stereocenters. The summed E-state index contributed by atoms with van der Waals surface area (Å²) >= 11 is 0. The maximum absolute atomic E-state index is 8.74. The normalized spacial score (nSPS) is 10.7. The standard InChI is InChI=1S/2C11H8N2.3H2O4S.2H2O/c2*1-2-4-10-8(3-1)9-7-12-6-5-11(9)13-10;3*1-5(2,3)4;;/h2*1-7,13H;3*(H2,1,2,3,4);2*1H2. The van der Waals surface area contributed by atoms with Crippen molar-refractivity contribution in [1.29, 1.82) is 0 Å². The summed E-state index contributed by atoms with van der Waals surface area (Å²) in [5.41, 5.74) is 4.64. The van der Waals surface area contributed by atoms with Crippen molar-refractivity contribution in [1.82, 2.24) is 19.9 Å². The van der Waals surface area contributed by atoms with Crippen molar-refractivity contribution < 1.29 is 63.5 Å². The molecule has 0 saturated heterocycles. The number of H-pyrrole nitrogens is 2. The summed E-state index contributed by atoms with van der Waals surface area (Å²) < 4.78 is 94.8. The fraction of sp³-hybridized carbons (Fsp3) is 0. The molecule has 236 valence electrons.